The van der Waals surface area contributed by atoms with E-state index in [1.165, 1.54) is 56.6 Å². The summed E-state index contributed by atoms with van der Waals surface area (Å²) in [4.78, 5) is 2.41. The molecular weight excluding hydrogens is 622 g/mol. The number of nitrogens with zero attached hydrogens (tertiary/aromatic N) is 1. The zero-order valence-electron chi connectivity index (χ0n) is 28.0. The Kier molecular flexibility index (Phi) is 7.63. The highest BCUT2D eigenvalue weighted by Crippen LogP contribution is 2.58. The van der Waals surface area contributed by atoms with Crippen molar-refractivity contribution in [3.05, 3.63) is 234 Å². The molecule has 1 heterocycles. The molecular formula is C49H34FN. The SMILES string of the molecule is Fc1ccc(-c2ccc(N3c4ccc(-c5ccccc5)cc4C(c4ccccc4)(c4ccccc4)c4cc(-c5ccccc5)ccc43)cc2)cc1. The van der Waals surface area contributed by atoms with Crippen molar-refractivity contribution in [1.29, 1.82) is 0 Å². The molecule has 0 unspecified atom stereocenters. The van der Waals surface area contributed by atoms with Crippen LogP contribution in [0.5, 0.6) is 0 Å². The Morgan fingerprint density at radius 3 is 1.12 bits per heavy atom. The van der Waals surface area contributed by atoms with Crippen molar-refractivity contribution in [2.75, 3.05) is 4.90 Å². The van der Waals surface area contributed by atoms with Crippen LogP contribution in [0.2, 0.25) is 0 Å². The molecule has 0 N–H and O–H groups in total. The summed E-state index contributed by atoms with van der Waals surface area (Å²) < 4.78 is 13.8. The second kappa shape index (κ2) is 12.7. The van der Waals surface area contributed by atoms with Crippen LogP contribution in [-0.2, 0) is 5.41 Å². The monoisotopic (exact) mass is 655 g/mol. The maximum Gasteiger partial charge on any atom is 0.123 e. The Morgan fingerprint density at radius 1 is 0.333 bits per heavy atom. The van der Waals surface area contributed by atoms with Gasteiger partial charge in [0.25, 0.3) is 0 Å². The molecule has 0 atom stereocenters. The van der Waals surface area contributed by atoms with Crippen LogP contribution in [0.4, 0.5) is 21.5 Å². The molecule has 1 aliphatic rings. The summed E-state index contributed by atoms with van der Waals surface area (Å²) in [6.45, 7) is 0. The summed E-state index contributed by atoms with van der Waals surface area (Å²) in [6.07, 6.45) is 0. The van der Waals surface area contributed by atoms with E-state index in [2.05, 4.69) is 187 Å². The van der Waals surface area contributed by atoms with Gasteiger partial charge in [0.2, 0.25) is 0 Å². The lowest BCUT2D eigenvalue weighted by Gasteiger charge is -2.47. The number of rotatable bonds is 6. The average Bonchev–Trinajstić information content (AvgIpc) is 3.21. The summed E-state index contributed by atoms with van der Waals surface area (Å²) in [5.74, 6) is -0.234. The smallest absolute Gasteiger partial charge is 0.123 e. The molecule has 1 nitrogen and oxygen atoms in total. The van der Waals surface area contributed by atoms with Crippen LogP contribution in [0.1, 0.15) is 22.3 Å². The number of hydrogen-bond donors (Lipinski definition) is 0. The maximum atomic E-state index is 13.8. The molecule has 0 fully saturated rings. The second-order valence-electron chi connectivity index (χ2n) is 13.1. The van der Waals surface area contributed by atoms with Crippen molar-refractivity contribution in [3.8, 4) is 33.4 Å². The molecule has 242 valence electrons. The van der Waals surface area contributed by atoms with Gasteiger partial charge in [0.05, 0.1) is 16.8 Å². The fraction of sp³-hybridized carbons (Fsp3) is 0.0204. The number of hydrogen-bond acceptors (Lipinski definition) is 1. The Labute approximate surface area is 298 Å². The minimum Gasteiger partial charge on any atom is -0.310 e. The fourth-order valence-corrected chi connectivity index (χ4v) is 7.85. The van der Waals surface area contributed by atoms with Gasteiger partial charge in [0.15, 0.2) is 0 Å². The predicted octanol–water partition coefficient (Wildman–Crippen LogP) is 13.0. The summed E-state index contributed by atoms with van der Waals surface area (Å²) >= 11 is 0. The van der Waals surface area contributed by atoms with Crippen molar-refractivity contribution >= 4 is 17.1 Å². The molecule has 2 heteroatoms. The van der Waals surface area contributed by atoms with E-state index in [9.17, 15) is 4.39 Å². The summed E-state index contributed by atoms with van der Waals surface area (Å²) in [5.41, 5.74) is 14.2. The highest BCUT2D eigenvalue weighted by molar-refractivity contribution is 5.92. The van der Waals surface area contributed by atoms with Gasteiger partial charge < -0.3 is 4.90 Å². The minimum absolute atomic E-state index is 0.234. The van der Waals surface area contributed by atoms with Crippen LogP contribution in [0, 0.1) is 5.82 Å². The molecule has 0 aliphatic carbocycles. The summed E-state index contributed by atoms with van der Waals surface area (Å²) in [7, 11) is 0. The molecule has 0 radical (unpaired) electrons. The van der Waals surface area contributed by atoms with Gasteiger partial charge in [0.1, 0.15) is 5.82 Å². The first-order valence-electron chi connectivity index (χ1n) is 17.4. The molecule has 0 saturated carbocycles. The van der Waals surface area contributed by atoms with Crippen LogP contribution in [-0.4, -0.2) is 0 Å². The van der Waals surface area contributed by atoms with Gasteiger partial charge in [-0.2, -0.15) is 0 Å². The van der Waals surface area contributed by atoms with Gasteiger partial charge in [0, 0.05) is 5.69 Å². The van der Waals surface area contributed by atoms with E-state index >= 15 is 0 Å². The normalized spacial score (nSPS) is 12.9. The Hall–Kier alpha value is -6.51. The van der Waals surface area contributed by atoms with E-state index in [1.54, 1.807) is 0 Å². The van der Waals surface area contributed by atoms with Crippen molar-refractivity contribution < 1.29 is 4.39 Å². The molecule has 0 bridgehead atoms. The lowest BCUT2D eigenvalue weighted by atomic mass is 9.62. The second-order valence-corrected chi connectivity index (χ2v) is 13.1. The largest absolute Gasteiger partial charge is 0.310 e. The first-order chi connectivity index (χ1) is 25.2. The number of halogens is 1. The maximum absolute atomic E-state index is 13.8. The summed E-state index contributed by atoms with van der Waals surface area (Å²) in [5, 5.41) is 0. The fourth-order valence-electron chi connectivity index (χ4n) is 7.85. The molecule has 8 aromatic carbocycles. The average molecular weight is 656 g/mol. The first-order valence-corrected chi connectivity index (χ1v) is 17.4. The minimum atomic E-state index is -0.632. The third-order valence-corrected chi connectivity index (χ3v) is 10.2. The molecule has 0 spiro atoms. The van der Waals surface area contributed by atoms with Crippen LogP contribution >= 0.6 is 0 Å². The number of benzene rings is 8. The van der Waals surface area contributed by atoms with E-state index in [0.717, 1.165) is 28.2 Å². The van der Waals surface area contributed by atoms with E-state index in [4.69, 9.17) is 0 Å². The van der Waals surface area contributed by atoms with Crippen molar-refractivity contribution in [1.82, 2.24) is 0 Å². The van der Waals surface area contributed by atoms with E-state index in [-0.39, 0.29) is 5.82 Å². The van der Waals surface area contributed by atoms with Gasteiger partial charge in [-0.3, -0.25) is 0 Å². The lowest BCUT2D eigenvalue weighted by molar-refractivity contribution is 0.628. The zero-order chi connectivity index (χ0) is 34.2. The van der Waals surface area contributed by atoms with Crippen LogP contribution in [0.25, 0.3) is 33.4 Å². The topological polar surface area (TPSA) is 3.24 Å². The molecule has 1 aliphatic heterocycles. The molecule has 9 rings (SSSR count). The Balaban J connectivity index is 1.37. The van der Waals surface area contributed by atoms with Crippen molar-refractivity contribution in [2.45, 2.75) is 5.41 Å². The van der Waals surface area contributed by atoms with Crippen LogP contribution in [0.15, 0.2) is 206 Å². The molecule has 0 saturated heterocycles. The van der Waals surface area contributed by atoms with Gasteiger partial charge in [-0.05, 0) is 104 Å². The number of anilines is 3. The van der Waals surface area contributed by atoms with Gasteiger partial charge in [-0.15, -0.1) is 0 Å². The standard InChI is InChI=1S/C49H34FN/c50-43-27-21-37(22-28-43)38-23-29-44(30-24-38)51-47-31-25-39(35-13-5-1-6-14-35)33-45(47)49(41-17-9-3-10-18-41,42-19-11-4-12-20-42)46-34-40(26-32-48(46)51)36-15-7-2-8-16-36/h1-34H. The van der Waals surface area contributed by atoms with Crippen LogP contribution in [0.3, 0.4) is 0 Å². The molecule has 0 aromatic heterocycles. The summed E-state index contributed by atoms with van der Waals surface area (Å²) in [6, 6.07) is 72.4. The Morgan fingerprint density at radius 2 is 0.686 bits per heavy atom. The quantitative estimate of drug-likeness (QED) is 0.172. The predicted molar refractivity (Wildman–Crippen MR) is 209 cm³/mol. The van der Waals surface area contributed by atoms with Crippen molar-refractivity contribution in [2.24, 2.45) is 0 Å². The van der Waals surface area contributed by atoms with Crippen molar-refractivity contribution in [3.63, 3.8) is 0 Å². The van der Waals surface area contributed by atoms with E-state index in [0.29, 0.717) is 0 Å². The third kappa shape index (κ3) is 5.24. The van der Waals surface area contributed by atoms with E-state index < -0.39 is 5.41 Å². The molecule has 51 heavy (non-hydrogen) atoms. The van der Waals surface area contributed by atoms with Gasteiger partial charge in [-0.1, -0.05) is 158 Å². The Bertz CT molecular complexity index is 2310. The lowest BCUT2D eigenvalue weighted by Crippen LogP contribution is -2.37. The van der Waals surface area contributed by atoms with Gasteiger partial charge in [-0.25, -0.2) is 4.39 Å². The first kappa shape index (κ1) is 30.5. The highest BCUT2D eigenvalue weighted by Gasteiger charge is 2.46. The van der Waals surface area contributed by atoms with E-state index in [1.807, 2.05) is 12.1 Å². The van der Waals surface area contributed by atoms with Crippen LogP contribution < -0.4 is 4.90 Å². The third-order valence-electron chi connectivity index (χ3n) is 10.2. The number of fused-ring (bicyclic) bond motifs is 2. The zero-order valence-corrected chi connectivity index (χ0v) is 28.0. The molecule has 8 aromatic rings. The van der Waals surface area contributed by atoms with Gasteiger partial charge >= 0.3 is 0 Å². The molecule has 0 amide bonds. The highest BCUT2D eigenvalue weighted by atomic mass is 19.1.